The first-order chi connectivity index (χ1) is 8.25. The van der Waals surface area contributed by atoms with Crippen molar-refractivity contribution in [1.29, 1.82) is 0 Å². The van der Waals surface area contributed by atoms with Crippen molar-refractivity contribution < 1.29 is 4.39 Å². The molecule has 0 bridgehead atoms. The molecule has 0 unspecified atom stereocenters. The maximum Gasteiger partial charge on any atom is 0.154 e. The molecule has 1 aromatic carbocycles. The topological polar surface area (TPSA) is 30.2 Å². The molecule has 3 nitrogen and oxygen atoms in total. The molecule has 0 fully saturated rings. The fraction of sp³-hybridized carbons (Fsp3) is 0. The van der Waals surface area contributed by atoms with E-state index in [-0.39, 0.29) is 5.82 Å². The largest absolute Gasteiger partial charge is 0.235 e. The standard InChI is InChI=1S/C12H7ClFN3/c13-11-5-6-12-15-7-10(17(12)16-11)8-3-1-2-4-9(8)14/h1-7H. The van der Waals surface area contributed by atoms with Crippen molar-refractivity contribution in [1.82, 2.24) is 14.6 Å². The summed E-state index contributed by atoms with van der Waals surface area (Å²) >= 11 is 5.82. The molecule has 3 aromatic rings. The van der Waals surface area contributed by atoms with Gasteiger partial charge in [0.25, 0.3) is 0 Å². The fourth-order valence-electron chi connectivity index (χ4n) is 1.70. The minimum absolute atomic E-state index is 0.309. The van der Waals surface area contributed by atoms with Crippen molar-refractivity contribution in [3.8, 4) is 11.3 Å². The van der Waals surface area contributed by atoms with E-state index in [0.717, 1.165) is 0 Å². The summed E-state index contributed by atoms with van der Waals surface area (Å²) in [6.45, 7) is 0. The van der Waals surface area contributed by atoms with E-state index in [4.69, 9.17) is 11.6 Å². The molecule has 0 atom stereocenters. The normalized spacial score (nSPS) is 10.9. The van der Waals surface area contributed by atoms with Gasteiger partial charge in [0.15, 0.2) is 5.65 Å². The van der Waals surface area contributed by atoms with Gasteiger partial charge in [-0.05, 0) is 24.3 Å². The number of fused-ring (bicyclic) bond motifs is 1. The first-order valence-electron chi connectivity index (χ1n) is 5.01. The summed E-state index contributed by atoms with van der Waals surface area (Å²) in [5.41, 5.74) is 1.67. The Morgan fingerprint density at radius 2 is 1.94 bits per heavy atom. The molecule has 2 heterocycles. The van der Waals surface area contributed by atoms with E-state index in [1.165, 1.54) is 10.6 Å². The number of aromatic nitrogens is 3. The third-order valence-corrected chi connectivity index (χ3v) is 2.68. The van der Waals surface area contributed by atoms with Crippen LogP contribution in [0.15, 0.2) is 42.6 Å². The monoisotopic (exact) mass is 247 g/mol. The van der Waals surface area contributed by atoms with Gasteiger partial charge in [-0.25, -0.2) is 13.9 Å². The highest BCUT2D eigenvalue weighted by Crippen LogP contribution is 2.23. The molecule has 2 aromatic heterocycles. The lowest BCUT2D eigenvalue weighted by atomic mass is 10.1. The van der Waals surface area contributed by atoms with Crippen molar-refractivity contribution in [2.45, 2.75) is 0 Å². The molecule has 0 amide bonds. The average Bonchev–Trinajstić information content (AvgIpc) is 2.72. The lowest BCUT2D eigenvalue weighted by Crippen LogP contribution is -1.95. The quantitative estimate of drug-likeness (QED) is 0.661. The van der Waals surface area contributed by atoms with Crippen molar-refractivity contribution in [3.05, 3.63) is 53.6 Å². The first-order valence-corrected chi connectivity index (χ1v) is 5.39. The van der Waals surface area contributed by atoms with Gasteiger partial charge in [0.05, 0.1) is 11.9 Å². The number of benzene rings is 1. The highest BCUT2D eigenvalue weighted by molar-refractivity contribution is 6.29. The lowest BCUT2D eigenvalue weighted by Gasteiger charge is -2.02. The van der Waals surface area contributed by atoms with Crippen LogP contribution in [0.4, 0.5) is 4.39 Å². The molecule has 0 spiro atoms. The molecule has 17 heavy (non-hydrogen) atoms. The molecule has 0 radical (unpaired) electrons. The Morgan fingerprint density at radius 3 is 2.76 bits per heavy atom. The van der Waals surface area contributed by atoms with Gasteiger partial charge < -0.3 is 0 Å². The fourth-order valence-corrected chi connectivity index (χ4v) is 1.84. The summed E-state index contributed by atoms with van der Waals surface area (Å²) < 4.78 is 15.2. The lowest BCUT2D eigenvalue weighted by molar-refractivity contribution is 0.630. The molecule has 0 N–H and O–H groups in total. The van der Waals surface area contributed by atoms with Crippen LogP contribution >= 0.6 is 11.6 Å². The Morgan fingerprint density at radius 1 is 1.12 bits per heavy atom. The van der Waals surface area contributed by atoms with E-state index in [1.807, 2.05) is 0 Å². The summed E-state index contributed by atoms with van der Waals surface area (Å²) in [6.07, 6.45) is 1.58. The SMILES string of the molecule is Fc1ccccc1-c1cnc2ccc(Cl)nn12. The van der Waals surface area contributed by atoms with E-state index in [2.05, 4.69) is 10.1 Å². The predicted octanol–water partition coefficient (Wildman–Crippen LogP) is 3.19. The molecular weight excluding hydrogens is 241 g/mol. The van der Waals surface area contributed by atoms with Gasteiger partial charge in [0.1, 0.15) is 11.0 Å². The third-order valence-electron chi connectivity index (χ3n) is 2.48. The van der Waals surface area contributed by atoms with Gasteiger partial charge in [-0.1, -0.05) is 23.7 Å². The van der Waals surface area contributed by atoms with Crippen molar-refractivity contribution in [2.24, 2.45) is 0 Å². The van der Waals surface area contributed by atoms with E-state index in [0.29, 0.717) is 22.1 Å². The van der Waals surface area contributed by atoms with Crippen LogP contribution in [0.5, 0.6) is 0 Å². The van der Waals surface area contributed by atoms with E-state index >= 15 is 0 Å². The molecule has 0 aliphatic heterocycles. The first kappa shape index (κ1) is 10.2. The highest BCUT2D eigenvalue weighted by atomic mass is 35.5. The summed E-state index contributed by atoms with van der Waals surface area (Å²) in [5.74, 6) is -0.309. The van der Waals surface area contributed by atoms with Gasteiger partial charge in [0.2, 0.25) is 0 Å². The van der Waals surface area contributed by atoms with Crippen LogP contribution < -0.4 is 0 Å². The predicted molar refractivity (Wildman–Crippen MR) is 63.4 cm³/mol. The van der Waals surface area contributed by atoms with E-state index in [9.17, 15) is 4.39 Å². The number of halogens is 2. The number of hydrogen-bond donors (Lipinski definition) is 0. The summed E-state index contributed by atoms with van der Waals surface area (Å²) in [6, 6.07) is 9.88. The number of hydrogen-bond acceptors (Lipinski definition) is 2. The zero-order valence-electron chi connectivity index (χ0n) is 8.64. The Balaban J connectivity index is 2.31. The minimum Gasteiger partial charge on any atom is -0.235 e. The molecule has 3 rings (SSSR count). The maximum absolute atomic E-state index is 13.7. The van der Waals surface area contributed by atoms with Gasteiger partial charge in [0, 0.05) is 5.56 Å². The molecule has 0 aliphatic rings. The van der Waals surface area contributed by atoms with E-state index < -0.39 is 0 Å². The van der Waals surface area contributed by atoms with Gasteiger partial charge >= 0.3 is 0 Å². The molecular formula is C12H7ClFN3. The second-order valence-electron chi connectivity index (χ2n) is 3.55. The Hall–Kier alpha value is -1.94. The molecule has 84 valence electrons. The smallest absolute Gasteiger partial charge is 0.154 e. The number of rotatable bonds is 1. The molecule has 5 heteroatoms. The third kappa shape index (κ3) is 1.66. The second-order valence-corrected chi connectivity index (χ2v) is 3.94. The summed E-state index contributed by atoms with van der Waals surface area (Å²) in [4.78, 5) is 4.15. The van der Waals surface area contributed by atoms with Gasteiger partial charge in [-0.15, -0.1) is 0 Å². The summed E-state index contributed by atoms with van der Waals surface area (Å²) in [7, 11) is 0. The zero-order valence-corrected chi connectivity index (χ0v) is 9.39. The minimum atomic E-state index is -0.309. The Labute approximate surface area is 101 Å². The van der Waals surface area contributed by atoms with Crippen LogP contribution in [0.2, 0.25) is 5.15 Å². The molecule has 0 aliphatic carbocycles. The van der Waals surface area contributed by atoms with Crippen LogP contribution in [0, 0.1) is 5.82 Å². The highest BCUT2D eigenvalue weighted by Gasteiger charge is 2.10. The van der Waals surface area contributed by atoms with Crippen molar-refractivity contribution in [2.75, 3.05) is 0 Å². The van der Waals surface area contributed by atoms with Crippen LogP contribution in [-0.4, -0.2) is 14.6 Å². The second kappa shape index (κ2) is 3.82. The Bertz CT molecular complexity index is 693. The number of imidazole rings is 1. The van der Waals surface area contributed by atoms with Crippen LogP contribution in [-0.2, 0) is 0 Å². The van der Waals surface area contributed by atoms with Crippen LogP contribution in [0.1, 0.15) is 0 Å². The van der Waals surface area contributed by atoms with Gasteiger partial charge in [-0.2, -0.15) is 5.10 Å². The van der Waals surface area contributed by atoms with Crippen molar-refractivity contribution >= 4 is 17.2 Å². The van der Waals surface area contributed by atoms with Gasteiger partial charge in [-0.3, -0.25) is 0 Å². The zero-order chi connectivity index (χ0) is 11.8. The maximum atomic E-state index is 13.7. The molecule has 0 saturated carbocycles. The Kier molecular flexibility index (Phi) is 2.30. The van der Waals surface area contributed by atoms with E-state index in [1.54, 1.807) is 36.5 Å². The van der Waals surface area contributed by atoms with Crippen molar-refractivity contribution in [3.63, 3.8) is 0 Å². The van der Waals surface area contributed by atoms with Crippen LogP contribution in [0.3, 0.4) is 0 Å². The average molecular weight is 248 g/mol. The number of nitrogens with zero attached hydrogens (tertiary/aromatic N) is 3. The van der Waals surface area contributed by atoms with Crippen LogP contribution in [0.25, 0.3) is 16.9 Å². The molecule has 0 saturated heterocycles. The summed E-state index contributed by atoms with van der Waals surface area (Å²) in [5, 5.41) is 4.45.